The van der Waals surface area contributed by atoms with E-state index in [2.05, 4.69) is 25.8 Å². The Kier molecular flexibility index (Phi) is 9.36. The van der Waals surface area contributed by atoms with Gasteiger partial charge in [-0.1, -0.05) is 47.5 Å². The molecular weight excluding hydrogens is 631 g/mol. The molecule has 11 nitrogen and oxygen atoms in total. The number of fused-ring (bicyclic) bond motifs is 4. The Morgan fingerprint density at radius 1 is 0.909 bits per heavy atom. The third kappa shape index (κ3) is 6.71. The maximum absolute atomic E-state index is 13.5. The van der Waals surface area contributed by atoms with Crippen LogP contribution in [0.15, 0.2) is 64.5 Å². The van der Waals surface area contributed by atoms with Crippen molar-refractivity contribution in [1.82, 2.24) is 15.4 Å². The minimum absolute atomic E-state index is 0. The van der Waals surface area contributed by atoms with E-state index in [0.29, 0.717) is 10.2 Å². The van der Waals surface area contributed by atoms with Crippen LogP contribution in [0.3, 0.4) is 0 Å². The van der Waals surface area contributed by atoms with E-state index in [1.807, 2.05) is 21.1 Å². The molecule has 3 N–H and O–H groups in total. The second kappa shape index (κ2) is 12.7. The molecule has 14 heteroatoms. The summed E-state index contributed by atoms with van der Waals surface area (Å²) in [6.45, 7) is 0.0593. The van der Waals surface area contributed by atoms with Crippen molar-refractivity contribution < 1.29 is 36.1 Å². The summed E-state index contributed by atoms with van der Waals surface area (Å²) in [6.07, 6.45) is -0.425. The third-order valence-corrected chi connectivity index (χ3v) is 7.27. The molecule has 0 bridgehead atoms. The van der Waals surface area contributed by atoms with E-state index in [1.165, 1.54) is 30.3 Å². The first-order chi connectivity index (χ1) is 20.3. The molecule has 2 amide bonds. The van der Waals surface area contributed by atoms with Crippen LogP contribution in [-0.4, -0.2) is 71.2 Å². The summed E-state index contributed by atoms with van der Waals surface area (Å²) in [5.41, 5.74) is 2.64. The number of nitrogens with one attached hydrogen (secondary N) is 3. The molecule has 1 aliphatic rings. The molecule has 4 aromatic rings. The number of aromatic amines is 1. The molecule has 5 rings (SSSR count). The first-order valence-corrected chi connectivity index (χ1v) is 13.7. The number of aromatic nitrogens is 2. The summed E-state index contributed by atoms with van der Waals surface area (Å²) < 4.78 is 0.305. The molecule has 0 aliphatic heterocycles. The number of H-pyrrole nitrogens is 1. The number of ketones is 2. The van der Waals surface area contributed by atoms with Crippen LogP contribution >= 0.6 is 23.2 Å². The average Bonchev–Trinajstić information content (AvgIpc) is 2.94. The van der Waals surface area contributed by atoms with Crippen molar-refractivity contribution in [2.24, 2.45) is 5.10 Å². The van der Waals surface area contributed by atoms with Crippen molar-refractivity contribution in [2.75, 3.05) is 33.0 Å². The molecule has 0 radical (unpaired) electrons. The fourth-order valence-corrected chi connectivity index (χ4v) is 4.89. The van der Waals surface area contributed by atoms with E-state index in [-0.39, 0.29) is 79.5 Å². The first-order valence-electron chi connectivity index (χ1n) is 13.0. The summed E-state index contributed by atoms with van der Waals surface area (Å²) in [4.78, 5) is 72.8. The van der Waals surface area contributed by atoms with Gasteiger partial charge in [-0.2, -0.15) is 5.10 Å². The lowest BCUT2D eigenvalue weighted by molar-refractivity contribution is -0.862. The Hall–Kier alpha value is -4.42. The highest BCUT2D eigenvalue weighted by atomic mass is 35.5. The van der Waals surface area contributed by atoms with E-state index in [9.17, 15) is 24.0 Å². The predicted octanol–water partition coefficient (Wildman–Crippen LogP) is 0.369. The molecule has 44 heavy (non-hydrogen) atoms. The van der Waals surface area contributed by atoms with Gasteiger partial charge in [0.05, 0.1) is 47.8 Å². The standard InChI is InChI=1S/C30H24Cl2N6O5.ClH/c1-38(2,3)14-24(39)37-36-23(30(43)33-15-8-10-19(31)20(32)12-15)13-22-29(42)35-21-11-9-18-25(26(21)34-22)28(41)17-7-5-4-6-16(17)27(18)40;/h4-12H,13-14H2,1-3H3,(H2-,33,35,37,39,40,42,43);1H. The molecule has 0 fully saturated rings. The lowest BCUT2D eigenvalue weighted by atomic mass is 9.83. The van der Waals surface area contributed by atoms with Crippen LogP contribution in [0.4, 0.5) is 5.69 Å². The van der Waals surface area contributed by atoms with E-state index >= 15 is 0 Å². The largest absolute Gasteiger partial charge is 1.00 e. The van der Waals surface area contributed by atoms with Gasteiger partial charge in [0.2, 0.25) is 0 Å². The second-order valence-electron chi connectivity index (χ2n) is 10.9. The van der Waals surface area contributed by atoms with Crippen LogP contribution < -0.4 is 28.7 Å². The van der Waals surface area contributed by atoms with Crippen LogP contribution in [0.1, 0.15) is 37.5 Å². The minimum Gasteiger partial charge on any atom is -1.00 e. The molecule has 0 saturated carbocycles. The first kappa shape index (κ1) is 32.5. The Bertz CT molecular complexity index is 1950. The van der Waals surface area contributed by atoms with Crippen molar-refractivity contribution in [2.45, 2.75) is 6.42 Å². The van der Waals surface area contributed by atoms with Crippen LogP contribution in [0.5, 0.6) is 0 Å². The number of hydrogen-bond acceptors (Lipinski definition) is 7. The maximum Gasteiger partial charge on any atom is 0.295 e. The smallest absolute Gasteiger partial charge is 0.295 e. The Balaban J connectivity index is 0.00000442. The van der Waals surface area contributed by atoms with Crippen LogP contribution in [0, 0.1) is 0 Å². The number of amides is 2. The van der Waals surface area contributed by atoms with Crippen molar-refractivity contribution in [1.29, 1.82) is 0 Å². The van der Waals surface area contributed by atoms with Crippen molar-refractivity contribution in [3.05, 3.63) is 103 Å². The fraction of sp³-hybridized carbons (Fsp3) is 0.167. The lowest BCUT2D eigenvalue weighted by Crippen LogP contribution is -3.00. The van der Waals surface area contributed by atoms with Crippen LogP contribution in [0.25, 0.3) is 11.0 Å². The molecule has 1 aromatic heterocycles. The normalized spacial score (nSPS) is 12.7. The van der Waals surface area contributed by atoms with Gasteiger partial charge < -0.3 is 27.2 Å². The summed E-state index contributed by atoms with van der Waals surface area (Å²) in [5, 5.41) is 7.14. The predicted molar refractivity (Wildman–Crippen MR) is 163 cm³/mol. The molecule has 0 unspecified atom stereocenters. The molecule has 0 atom stereocenters. The van der Waals surface area contributed by atoms with E-state index in [4.69, 9.17) is 23.2 Å². The SMILES string of the molecule is C[N+](C)(C)CC(=O)NN=C(Cc1nc2c3c(ccc2[nH]c1=O)C(=O)c1ccccc1C3=O)C(=O)Nc1ccc(Cl)c(Cl)c1.[Cl-]. The van der Waals surface area contributed by atoms with Gasteiger partial charge in [0, 0.05) is 28.8 Å². The van der Waals surface area contributed by atoms with Gasteiger partial charge in [0.15, 0.2) is 18.1 Å². The molecule has 1 aliphatic carbocycles. The molecule has 226 valence electrons. The summed E-state index contributed by atoms with van der Waals surface area (Å²) >= 11 is 12.1. The number of anilines is 1. The van der Waals surface area contributed by atoms with Crippen molar-refractivity contribution in [3.8, 4) is 0 Å². The number of likely N-dealkylation sites (N-methyl/N-ethyl adjacent to an activating group) is 1. The minimum atomic E-state index is -0.750. The lowest BCUT2D eigenvalue weighted by Gasteiger charge is -2.22. The number of nitrogens with zero attached hydrogens (tertiary/aromatic N) is 3. The molecule has 3 aromatic carbocycles. The quantitative estimate of drug-likeness (QED) is 0.131. The fourth-order valence-electron chi connectivity index (χ4n) is 4.59. The van der Waals surface area contributed by atoms with E-state index < -0.39 is 29.6 Å². The monoisotopic (exact) mass is 654 g/mol. The highest BCUT2D eigenvalue weighted by molar-refractivity contribution is 6.44. The zero-order chi connectivity index (χ0) is 31.1. The number of benzene rings is 3. The van der Waals surface area contributed by atoms with Gasteiger partial charge in [-0.3, -0.25) is 24.0 Å². The number of halogens is 3. The van der Waals surface area contributed by atoms with Crippen LogP contribution in [0.2, 0.25) is 10.0 Å². The van der Waals surface area contributed by atoms with Gasteiger partial charge in [-0.05, 0) is 30.3 Å². The highest BCUT2D eigenvalue weighted by Gasteiger charge is 2.32. The highest BCUT2D eigenvalue weighted by Crippen LogP contribution is 2.31. The van der Waals surface area contributed by atoms with Gasteiger partial charge in [-0.15, -0.1) is 0 Å². The molecular formula is C30H25Cl3N6O5. The maximum atomic E-state index is 13.5. The molecule has 1 heterocycles. The topological polar surface area (TPSA) is 150 Å². The van der Waals surface area contributed by atoms with Crippen molar-refractivity contribution >= 4 is 69.0 Å². The van der Waals surface area contributed by atoms with Crippen molar-refractivity contribution in [3.63, 3.8) is 0 Å². The van der Waals surface area contributed by atoms with E-state index in [1.54, 1.807) is 24.3 Å². The third-order valence-electron chi connectivity index (χ3n) is 6.53. The number of hydrogen-bond donors (Lipinski definition) is 3. The van der Waals surface area contributed by atoms with Gasteiger partial charge in [0.1, 0.15) is 11.4 Å². The number of quaternary nitrogens is 1. The molecule has 0 saturated heterocycles. The Morgan fingerprint density at radius 3 is 2.25 bits per heavy atom. The number of hydrazone groups is 1. The number of carbonyl (C=O) groups excluding carboxylic acids is 4. The number of carbonyl (C=O) groups is 4. The zero-order valence-electron chi connectivity index (χ0n) is 23.6. The Morgan fingerprint density at radius 2 is 1.59 bits per heavy atom. The van der Waals surface area contributed by atoms with E-state index in [0.717, 1.165) is 0 Å². The summed E-state index contributed by atoms with van der Waals surface area (Å²) in [7, 11) is 5.43. The van der Waals surface area contributed by atoms with Crippen LogP contribution in [-0.2, 0) is 16.0 Å². The average molecular weight is 656 g/mol. The van der Waals surface area contributed by atoms with Gasteiger partial charge >= 0.3 is 0 Å². The zero-order valence-corrected chi connectivity index (χ0v) is 25.9. The molecule has 0 spiro atoms. The summed E-state index contributed by atoms with van der Waals surface area (Å²) in [6, 6.07) is 13.9. The number of rotatable bonds is 7. The van der Waals surface area contributed by atoms with Gasteiger partial charge in [-0.25, -0.2) is 10.4 Å². The second-order valence-corrected chi connectivity index (χ2v) is 11.7. The van der Waals surface area contributed by atoms with Gasteiger partial charge in [0.25, 0.3) is 17.4 Å². The Labute approximate surface area is 267 Å². The summed E-state index contributed by atoms with van der Waals surface area (Å²) in [5.74, 6) is -1.98.